The second kappa shape index (κ2) is 8.84. The molecule has 1 aliphatic rings. The van der Waals surface area contributed by atoms with Crippen molar-refractivity contribution in [2.24, 2.45) is 0 Å². The summed E-state index contributed by atoms with van der Waals surface area (Å²) in [5, 5.41) is 2.96. The van der Waals surface area contributed by atoms with Crippen LogP contribution in [0.5, 0.6) is 0 Å². The molecule has 0 radical (unpaired) electrons. The predicted octanol–water partition coefficient (Wildman–Crippen LogP) is 0.578. The monoisotopic (exact) mass is 246 g/mol. The summed E-state index contributed by atoms with van der Waals surface area (Å²) in [5.41, 5.74) is 0. The van der Waals surface area contributed by atoms with Crippen LogP contribution in [0.4, 0.5) is 0 Å². The van der Waals surface area contributed by atoms with Crippen molar-refractivity contribution in [1.29, 1.82) is 0 Å². The van der Waals surface area contributed by atoms with E-state index in [1.54, 1.807) is 11.8 Å². The van der Waals surface area contributed by atoms with Gasteiger partial charge in [0.15, 0.2) is 0 Å². The summed E-state index contributed by atoms with van der Waals surface area (Å²) in [6.45, 7) is 5.32. The Morgan fingerprint density at radius 3 is 2.88 bits per heavy atom. The summed E-state index contributed by atoms with van der Waals surface area (Å²) in [7, 11) is 0. The van der Waals surface area contributed by atoms with E-state index in [0.29, 0.717) is 6.42 Å². The summed E-state index contributed by atoms with van der Waals surface area (Å²) in [5.74, 6) is 1.25. The van der Waals surface area contributed by atoms with Gasteiger partial charge >= 0.3 is 0 Å². The molecule has 0 spiro atoms. The predicted molar refractivity (Wildman–Crippen MR) is 67.9 cm³/mol. The van der Waals surface area contributed by atoms with Gasteiger partial charge in [0.05, 0.1) is 13.2 Å². The van der Waals surface area contributed by atoms with Crippen LogP contribution < -0.4 is 5.32 Å². The number of morpholine rings is 1. The van der Waals surface area contributed by atoms with Crippen molar-refractivity contribution in [1.82, 2.24) is 10.2 Å². The van der Waals surface area contributed by atoms with Gasteiger partial charge in [0, 0.05) is 32.6 Å². The zero-order valence-electron chi connectivity index (χ0n) is 10.0. The summed E-state index contributed by atoms with van der Waals surface area (Å²) in [6, 6.07) is 0. The fourth-order valence-electron chi connectivity index (χ4n) is 1.64. The van der Waals surface area contributed by atoms with Crippen LogP contribution in [0.3, 0.4) is 0 Å². The van der Waals surface area contributed by atoms with E-state index in [2.05, 4.69) is 16.5 Å². The first-order chi connectivity index (χ1) is 7.83. The highest BCUT2D eigenvalue weighted by molar-refractivity contribution is 7.98. The summed E-state index contributed by atoms with van der Waals surface area (Å²) < 4.78 is 5.26. The van der Waals surface area contributed by atoms with Gasteiger partial charge in [-0.3, -0.25) is 9.69 Å². The molecule has 1 heterocycles. The first-order valence-corrected chi connectivity index (χ1v) is 7.28. The smallest absolute Gasteiger partial charge is 0.220 e. The van der Waals surface area contributed by atoms with E-state index in [1.807, 2.05) is 0 Å². The van der Waals surface area contributed by atoms with E-state index in [0.717, 1.165) is 51.6 Å². The van der Waals surface area contributed by atoms with Crippen molar-refractivity contribution >= 4 is 17.7 Å². The quantitative estimate of drug-likeness (QED) is 0.667. The Bertz CT molecular complexity index is 196. The largest absolute Gasteiger partial charge is 0.379 e. The van der Waals surface area contributed by atoms with Gasteiger partial charge in [0.2, 0.25) is 5.91 Å². The summed E-state index contributed by atoms with van der Waals surface area (Å²) in [6.07, 6.45) is 3.70. The highest BCUT2D eigenvalue weighted by Crippen LogP contribution is 1.99. The van der Waals surface area contributed by atoms with Crippen LogP contribution in [0.2, 0.25) is 0 Å². The van der Waals surface area contributed by atoms with Crippen LogP contribution in [0.1, 0.15) is 12.8 Å². The molecule has 0 aliphatic carbocycles. The van der Waals surface area contributed by atoms with Crippen LogP contribution in [0.15, 0.2) is 0 Å². The number of ether oxygens (including phenoxy) is 1. The van der Waals surface area contributed by atoms with E-state index >= 15 is 0 Å². The zero-order chi connectivity index (χ0) is 11.6. The van der Waals surface area contributed by atoms with Crippen LogP contribution in [0, 0.1) is 0 Å². The van der Waals surface area contributed by atoms with E-state index in [9.17, 15) is 4.79 Å². The second-order valence-electron chi connectivity index (χ2n) is 3.90. The number of amides is 1. The second-order valence-corrected chi connectivity index (χ2v) is 4.89. The number of nitrogens with zero attached hydrogens (tertiary/aromatic N) is 1. The molecule has 0 atom stereocenters. The number of nitrogens with one attached hydrogen (secondary N) is 1. The average Bonchev–Trinajstić information content (AvgIpc) is 2.31. The minimum Gasteiger partial charge on any atom is -0.379 e. The topological polar surface area (TPSA) is 41.6 Å². The third-order valence-corrected chi connectivity index (χ3v) is 3.30. The van der Waals surface area contributed by atoms with Gasteiger partial charge in [-0.15, -0.1) is 0 Å². The molecular weight excluding hydrogens is 224 g/mol. The molecule has 1 aliphatic heterocycles. The molecule has 1 N–H and O–H groups in total. The Kier molecular flexibility index (Phi) is 7.63. The maximum absolute atomic E-state index is 11.4. The van der Waals surface area contributed by atoms with E-state index in [-0.39, 0.29) is 5.91 Å². The van der Waals surface area contributed by atoms with E-state index < -0.39 is 0 Å². The number of hydrogen-bond acceptors (Lipinski definition) is 4. The standard InChI is InChI=1S/C11H22N2O2S/c1-16-10-2-3-11(14)12-4-5-13-6-8-15-9-7-13/h2-10H2,1H3,(H,12,14). The first-order valence-electron chi connectivity index (χ1n) is 5.88. The van der Waals surface area contributed by atoms with Crippen LogP contribution in [0.25, 0.3) is 0 Å². The van der Waals surface area contributed by atoms with Crippen LogP contribution in [-0.2, 0) is 9.53 Å². The molecule has 0 saturated carbocycles. The third-order valence-electron chi connectivity index (χ3n) is 2.61. The summed E-state index contributed by atoms with van der Waals surface area (Å²) >= 11 is 1.79. The molecule has 0 aromatic rings. The van der Waals surface area contributed by atoms with Crippen molar-refractivity contribution in [3.05, 3.63) is 0 Å². The van der Waals surface area contributed by atoms with Gasteiger partial charge in [-0.25, -0.2) is 0 Å². The van der Waals surface area contributed by atoms with E-state index in [4.69, 9.17) is 4.74 Å². The van der Waals surface area contributed by atoms with Gasteiger partial charge in [0.25, 0.3) is 0 Å². The normalized spacial score (nSPS) is 17.3. The van der Waals surface area contributed by atoms with Gasteiger partial charge in [-0.05, 0) is 18.4 Å². The fourth-order valence-corrected chi connectivity index (χ4v) is 2.08. The number of thioether (sulfide) groups is 1. The number of hydrogen-bond donors (Lipinski definition) is 1. The average molecular weight is 246 g/mol. The fraction of sp³-hybridized carbons (Fsp3) is 0.909. The Labute approximate surface area is 102 Å². The first kappa shape index (κ1) is 13.8. The molecule has 0 aromatic carbocycles. The van der Waals surface area contributed by atoms with E-state index in [1.165, 1.54) is 0 Å². The third kappa shape index (κ3) is 6.35. The van der Waals surface area contributed by atoms with Crippen molar-refractivity contribution in [3.8, 4) is 0 Å². The molecule has 0 unspecified atom stereocenters. The van der Waals surface area contributed by atoms with Crippen LogP contribution >= 0.6 is 11.8 Å². The number of rotatable bonds is 7. The van der Waals surface area contributed by atoms with Crippen molar-refractivity contribution in [3.63, 3.8) is 0 Å². The molecule has 94 valence electrons. The van der Waals surface area contributed by atoms with Crippen molar-refractivity contribution in [2.45, 2.75) is 12.8 Å². The van der Waals surface area contributed by atoms with Gasteiger partial charge in [-0.2, -0.15) is 11.8 Å². The Morgan fingerprint density at radius 2 is 2.19 bits per heavy atom. The summed E-state index contributed by atoms with van der Waals surface area (Å²) in [4.78, 5) is 13.7. The van der Waals surface area contributed by atoms with Gasteiger partial charge < -0.3 is 10.1 Å². The molecule has 5 heteroatoms. The van der Waals surface area contributed by atoms with Gasteiger partial charge in [-0.1, -0.05) is 0 Å². The number of carbonyl (C=O) groups excluding carboxylic acids is 1. The lowest BCUT2D eigenvalue weighted by Gasteiger charge is -2.26. The van der Waals surface area contributed by atoms with Crippen molar-refractivity contribution in [2.75, 3.05) is 51.4 Å². The van der Waals surface area contributed by atoms with Crippen LogP contribution in [-0.4, -0.2) is 62.2 Å². The number of carbonyl (C=O) groups is 1. The molecule has 4 nitrogen and oxygen atoms in total. The molecule has 1 amide bonds. The maximum atomic E-state index is 11.4. The molecule has 0 aromatic heterocycles. The molecule has 1 saturated heterocycles. The lowest BCUT2D eigenvalue weighted by atomic mass is 10.3. The SMILES string of the molecule is CSCCCC(=O)NCCN1CCOCC1. The molecule has 0 bridgehead atoms. The maximum Gasteiger partial charge on any atom is 0.220 e. The van der Waals surface area contributed by atoms with Crippen molar-refractivity contribution < 1.29 is 9.53 Å². The minimum atomic E-state index is 0.183. The highest BCUT2D eigenvalue weighted by atomic mass is 32.2. The lowest BCUT2D eigenvalue weighted by molar-refractivity contribution is -0.121. The Hall–Kier alpha value is -0.260. The highest BCUT2D eigenvalue weighted by Gasteiger charge is 2.09. The Morgan fingerprint density at radius 1 is 1.44 bits per heavy atom. The zero-order valence-corrected chi connectivity index (χ0v) is 10.9. The molecule has 16 heavy (non-hydrogen) atoms. The lowest BCUT2D eigenvalue weighted by Crippen LogP contribution is -2.41. The Balaban J connectivity index is 1.94. The van der Waals surface area contributed by atoms with Gasteiger partial charge in [0.1, 0.15) is 0 Å². The molecule has 1 fully saturated rings. The molecule has 1 rings (SSSR count). The molecular formula is C11H22N2O2S. The minimum absolute atomic E-state index is 0.183.